The van der Waals surface area contributed by atoms with E-state index < -0.39 is 12.1 Å². The van der Waals surface area contributed by atoms with E-state index in [4.69, 9.17) is 6.42 Å². The highest BCUT2D eigenvalue weighted by atomic mass is 16.2. The molecule has 15 heavy (non-hydrogen) atoms. The number of urea groups is 1. The van der Waals surface area contributed by atoms with E-state index in [2.05, 4.69) is 21.5 Å². The third kappa shape index (κ3) is 1.65. The van der Waals surface area contributed by atoms with E-state index >= 15 is 0 Å². The zero-order chi connectivity index (χ0) is 10.8. The van der Waals surface area contributed by atoms with Crippen molar-refractivity contribution < 1.29 is 9.59 Å². The maximum Gasteiger partial charge on any atom is 0.322 e. The van der Waals surface area contributed by atoms with E-state index in [0.717, 1.165) is 0 Å². The third-order valence-corrected chi connectivity index (χ3v) is 2.04. The van der Waals surface area contributed by atoms with Gasteiger partial charge in [-0.1, -0.05) is 12.0 Å². The molecule has 5 nitrogen and oxygen atoms in total. The van der Waals surface area contributed by atoms with Gasteiger partial charge in [0.25, 0.3) is 5.91 Å². The second-order valence-corrected chi connectivity index (χ2v) is 3.02. The first kappa shape index (κ1) is 9.21. The Morgan fingerprint density at radius 3 is 2.67 bits per heavy atom. The monoisotopic (exact) mass is 201 g/mol. The van der Waals surface area contributed by atoms with Crippen molar-refractivity contribution in [3.05, 3.63) is 29.6 Å². The molecule has 74 valence electrons. The molecular weight excluding hydrogens is 194 g/mol. The zero-order valence-corrected chi connectivity index (χ0v) is 7.65. The number of hydrogen-bond acceptors (Lipinski definition) is 3. The van der Waals surface area contributed by atoms with Crippen LogP contribution in [0.4, 0.5) is 4.79 Å². The zero-order valence-electron chi connectivity index (χ0n) is 7.65. The Bertz CT molecular complexity index is 459. The van der Waals surface area contributed by atoms with E-state index in [1.54, 1.807) is 12.1 Å². The normalized spacial score (nSPS) is 19.3. The number of carbonyl (C=O) groups is 2. The highest BCUT2D eigenvalue weighted by Gasteiger charge is 2.30. The number of hydrogen-bond donors (Lipinski definition) is 2. The molecule has 1 unspecified atom stereocenters. The van der Waals surface area contributed by atoms with Gasteiger partial charge >= 0.3 is 6.03 Å². The molecule has 0 spiro atoms. The Balaban J connectivity index is 2.27. The Morgan fingerprint density at radius 1 is 1.40 bits per heavy atom. The van der Waals surface area contributed by atoms with Crippen LogP contribution in [0, 0.1) is 12.3 Å². The quantitative estimate of drug-likeness (QED) is 0.494. The summed E-state index contributed by atoms with van der Waals surface area (Å²) in [6.07, 6.45) is 6.62. The minimum atomic E-state index is -0.670. The lowest BCUT2D eigenvalue weighted by Gasteiger charge is -2.05. The number of terminal acetylenes is 1. The number of nitrogens with one attached hydrogen (secondary N) is 2. The van der Waals surface area contributed by atoms with Crippen LogP contribution < -0.4 is 10.6 Å². The van der Waals surface area contributed by atoms with E-state index in [1.807, 2.05) is 0 Å². The summed E-state index contributed by atoms with van der Waals surface area (Å²) in [6.45, 7) is 0. The number of pyridine rings is 1. The van der Waals surface area contributed by atoms with Crippen LogP contribution in [-0.4, -0.2) is 16.9 Å². The van der Waals surface area contributed by atoms with Crippen LogP contribution in [0.5, 0.6) is 0 Å². The first-order valence-corrected chi connectivity index (χ1v) is 4.24. The fourth-order valence-corrected chi connectivity index (χ4v) is 1.31. The molecule has 0 aromatic carbocycles. The van der Waals surface area contributed by atoms with Gasteiger partial charge in [-0.15, -0.1) is 6.42 Å². The van der Waals surface area contributed by atoms with Crippen LogP contribution in [0.2, 0.25) is 0 Å². The van der Waals surface area contributed by atoms with Gasteiger partial charge in [-0.25, -0.2) is 9.78 Å². The van der Waals surface area contributed by atoms with Crippen LogP contribution in [-0.2, 0) is 4.79 Å². The minimum absolute atomic E-state index is 0.379. The summed E-state index contributed by atoms with van der Waals surface area (Å²) in [5.41, 5.74) is 1.10. The van der Waals surface area contributed by atoms with Gasteiger partial charge in [-0.2, -0.15) is 0 Å². The molecule has 5 heteroatoms. The van der Waals surface area contributed by atoms with Crippen LogP contribution in [0.15, 0.2) is 18.3 Å². The van der Waals surface area contributed by atoms with Gasteiger partial charge in [-0.3, -0.25) is 10.1 Å². The van der Waals surface area contributed by atoms with E-state index in [0.29, 0.717) is 11.3 Å². The molecule has 3 amide bonds. The number of rotatable bonds is 1. The van der Waals surface area contributed by atoms with Crippen molar-refractivity contribution in [2.24, 2.45) is 0 Å². The van der Waals surface area contributed by atoms with Gasteiger partial charge in [0.15, 0.2) is 0 Å². The molecule has 2 N–H and O–H groups in total. The molecule has 1 aliphatic heterocycles. The Morgan fingerprint density at radius 2 is 2.20 bits per heavy atom. The molecule has 0 aliphatic carbocycles. The molecule has 0 saturated carbocycles. The summed E-state index contributed by atoms with van der Waals surface area (Å²) in [5.74, 6) is 1.99. The predicted octanol–water partition coefficient (Wildman–Crippen LogP) is -0.0566. The second kappa shape index (κ2) is 3.42. The van der Waals surface area contributed by atoms with Gasteiger partial charge in [0.2, 0.25) is 0 Å². The number of carbonyl (C=O) groups excluding carboxylic acids is 2. The molecule has 1 fully saturated rings. The molecule has 0 radical (unpaired) electrons. The van der Waals surface area contributed by atoms with Crippen molar-refractivity contribution in [1.29, 1.82) is 0 Å². The smallest absolute Gasteiger partial charge is 0.322 e. The Hall–Kier alpha value is -2.35. The van der Waals surface area contributed by atoms with Gasteiger partial charge < -0.3 is 5.32 Å². The summed E-state index contributed by atoms with van der Waals surface area (Å²) < 4.78 is 0. The maximum absolute atomic E-state index is 11.3. The molecule has 1 aliphatic rings. The average molecular weight is 201 g/mol. The summed E-state index contributed by atoms with van der Waals surface area (Å²) in [4.78, 5) is 26.1. The van der Waals surface area contributed by atoms with Crippen LogP contribution in [0.25, 0.3) is 0 Å². The minimum Gasteiger partial charge on any atom is -0.322 e. The fraction of sp³-hybridized carbons (Fsp3) is 0.100. The van der Waals surface area contributed by atoms with Gasteiger partial charge in [0.05, 0.1) is 0 Å². The van der Waals surface area contributed by atoms with Crippen molar-refractivity contribution in [2.45, 2.75) is 6.04 Å². The van der Waals surface area contributed by atoms with E-state index in [1.165, 1.54) is 6.20 Å². The van der Waals surface area contributed by atoms with Gasteiger partial charge in [-0.05, 0) is 6.07 Å². The molecular formula is C10H7N3O2. The highest BCUT2D eigenvalue weighted by molar-refractivity contribution is 6.04. The number of nitrogens with zero attached hydrogens (tertiary/aromatic N) is 1. The number of aromatic nitrogens is 1. The number of imide groups is 1. The molecule has 1 aromatic heterocycles. The third-order valence-electron chi connectivity index (χ3n) is 2.04. The summed E-state index contributed by atoms with van der Waals surface area (Å²) in [5, 5.41) is 4.60. The standard InChI is InChI=1S/C10H7N3O2/c1-2-7-4-3-6(5-11-7)8-9(14)13-10(15)12-8/h1,3-5,8H,(H2,12,13,14,15). The molecule has 1 atom stereocenters. The summed E-state index contributed by atoms with van der Waals surface area (Å²) in [6, 6.07) is 2.12. The molecule has 2 rings (SSSR count). The summed E-state index contributed by atoms with van der Waals surface area (Å²) in [7, 11) is 0. The maximum atomic E-state index is 11.3. The Labute approximate surface area is 85.9 Å². The van der Waals surface area contributed by atoms with E-state index in [9.17, 15) is 9.59 Å². The molecule has 1 saturated heterocycles. The molecule has 0 bridgehead atoms. The van der Waals surface area contributed by atoms with Gasteiger partial charge in [0.1, 0.15) is 11.7 Å². The lowest BCUT2D eigenvalue weighted by atomic mass is 10.1. The molecule has 2 heterocycles. The van der Waals surface area contributed by atoms with Crippen LogP contribution >= 0.6 is 0 Å². The average Bonchev–Trinajstić information content (AvgIpc) is 2.58. The highest BCUT2D eigenvalue weighted by Crippen LogP contribution is 2.15. The summed E-state index contributed by atoms with van der Waals surface area (Å²) >= 11 is 0. The lowest BCUT2D eigenvalue weighted by Crippen LogP contribution is -2.22. The first-order valence-electron chi connectivity index (χ1n) is 4.24. The second-order valence-electron chi connectivity index (χ2n) is 3.02. The Kier molecular flexibility index (Phi) is 2.10. The fourth-order valence-electron chi connectivity index (χ4n) is 1.31. The van der Waals surface area contributed by atoms with Crippen LogP contribution in [0.1, 0.15) is 17.3 Å². The van der Waals surface area contributed by atoms with Crippen molar-refractivity contribution in [3.63, 3.8) is 0 Å². The number of amides is 3. The van der Waals surface area contributed by atoms with Crippen molar-refractivity contribution in [3.8, 4) is 12.3 Å². The largest absolute Gasteiger partial charge is 0.322 e. The van der Waals surface area contributed by atoms with Crippen molar-refractivity contribution in [2.75, 3.05) is 0 Å². The van der Waals surface area contributed by atoms with E-state index in [-0.39, 0.29) is 5.91 Å². The lowest BCUT2D eigenvalue weighted by molar-refractivity contribution is -0.120. The first-order chi connectivity index (χ1) is 7.20. The predicted molar refractivity (Wildman–Crippen MR) is 51.6 cm³/mol. The van der Waals surface area contributed by atoms with Crippen molar-refractivity contribution in [1.82, 2.24) is 15.6 Å². The van der Waals surface area contributed by atoms with Crippen molar-refractivity contribution >= 4 is 11.9 Å². The topological polar surface area (TPSA) is 71.1 Å². The van der Waals surface area contributed by atoms with Crippen LogP contribution in [0.3, 0.4) is 0 Å². The SMILES string of the molecule is C#Cc1ccc(C2NC(=O)NC2=O)cn1. The van der Waals surface area contributed by atoms with Gasteiger partial charge in [0, 0.05) is 11.8 Å². The molecule has 1 aromatic rings.